The second-order valence-corrected chi connectivity index (χ2v) is 7.16. The number of nitrogens with one attached hydrogen (secondary N) is 1. The maximum absolute atomic E-state index is 14.4. The third-order valence-corrected chi connectivity index (χ3v) is 5.44. The smallest absolute Gasteiger partial charge is 0.254 e. The molecule has 0 saturated carbocycles. The molecule has 0 amide bonds. The Kier molecular flexibility index (Phi) is 4.57. The molecule has 0 aliphatic carbocycles. The maximum atomic E-state index is 14.4. The third kappa shape index (κ3) is 3.15. The fourth-order valence-corrected chi connectivity index (χ4v) is 3.90. The average Bonchev–Trinajstić information content (AvgIpc) is 3.18. The fourth-order valence-electron chi connectivity index (χ4n) is 3.24. The standard InChI is InChI=1S/C19H18FN3O2S/c1-25-15-5-2-4-12(17(15)20)10-23-8-7-13-14(11-23)21-18(22-19(13)24)16-6-3-9-26-16/h2-6,9H,7-8,10-11H2,1H3,(H,21,22,24). The number of benzene rings is 1. The highest BCUT2D eigenvalue weighted by atomic mass is 32.1. The summed E-state index contributed by atoms with van der Waals surface area (Å²) in [4.78, 5) is 23.0. The minimum Gasteiger partial charge on any atom is -0.494 e. The lowest BCUT2D eigenvalue weighted by Crippen LogP contribution is -2.35. The lowest BCUT2D eigenvalue weighted by Gasteiger charge is -2.28. The van der Waals surface area contributed by atoms with Crippen molar-refractivity contribution in [1.82, 2.24) is 14.9 Å². The van der Waals surface area contributed by atoms with E-state index in [1.807, 2.05) is 17.5 Å². The van der Waals surface area contributed by atoms with E-state index in [-0.39, 0.29) is 17.1 Å². The number of hydrogen-bond acceptors (Lipinski definition) is 5. The zero-order chi connectivity index (χ0) is 18.1. The predicted octanol–water partition coefficient (Wildman–Crippen LogP) is 3.20. The molecule has 1 N–H and O–H groups in total. The number of fused-ring (bicyclic) bond motifs is 1. The molecule has 3 heterocycles. The molecule has 0 atom stereocenters. The molecule has 0 spiro atoms. The van der Waals surface area contributed by atoms with E-state index in [0.717, 1.165) is 16.1 Å². The van der Waals surface area contributed by atoms with Gasteiger partial charge in [0.2, 0.25) is 0 Å². The Bertz CT molecular complexity index is 985. The van der Waals surface area contributed by atoms with Crippen molar-refractivity contribution >= 4 is 11.3 Å². The normalized spacial score (nSPS) is 14.2. The topological polar surface area (TPSA) is 58.2 Å². The number of aromatic amines is 1. The Morgan fingerprint density at radius 1 is 1.35 bits per heavy atom. The van der Waals surface area contributed by atoms with Gasteiger partial charge in [0, 0.05) is 30.8 Å². The first kappa shape index (κ1) is 16.9. The minimum atomic E-state index is -0.334. The highest BCUT2D eigenvalue weighted by Crippen LogP contribution is 2.25. The van der Waals surface area contributed by atoms with Crippen LogP contribution in [0.2, 0.25) is 0 Å². The predicted molar refractivity (Wildman–Crippen MR) is 98.9 cm³/mol. The van der Waals surface area contributed by atoms with Crippen LogP contribution in [0.25, 0.3) is 10.7 Å². The van der Waals surface area contributed by atoms with Gasteiger partial charge < -0.3 is 9.72 Å². The number of H-pyrrole nitrogens is 1. The molecule has 0 saturated heterocycles. The van der Waals surface area contributed by atoms with Crippen LogP contribution in [0.5, 0.6) is 5.75 Å². The number of hydrogen-bond donors (Lipinski definition) is 1. The van der Waals surface area contributed by atoms with E-state index in [2.05, 4.69) is 14.9 Å². The highest BCUT2D eigenvalue weighted by molar-refractivity contribution is 7.13. The summed E-state index contributed by atoms with van der Waals surface area (Å²) >= 11 is 1.54. The number of rotatable bonds is 4. The summed E-state index contributed by atoms with van der Waals surface area (Å²) in [7, 11) is 1.46. The van der Waals surface area contributed by atoms with E-state index in [4.69, 9.17) is 4.74 Å². The van der Waals surface area contributed by atoms with Gasteiger partial charge in [-0.05, 0) is 23.9 Å². The zero-order valence-electron chi connectivity index (χ0n) is 14.3. The summed E-state index contributed by atoms with van der Waals surface area (Å²) in [6.07, 6.45) is 0.605. The van der Waals surface area contributed by atoms with Gasteiger partial charge in [0.25, 0.3) is 5.56 Å². The fraction of sp³-hybridized carbons (Fsp3) is 0.263. The van der Waals surface area contributed by atoms with E-state index in [9.17, 15) is 9.18 Å². The molecule has 0 unspecified atom stereocenters. The largest absolute Gasteiger partial charge is 0.494 e. The van der Waals surface area contributed by atoms with Gasteiger partial charge in [-0.15, -0.1) is 11.3 Å². The molecule has 5 nitrogen and oxygen atoms in total. The van der Waals surface area contributed by atoms with E-state index in [1.54, 1.807) is 18.2 Å². The molecule has 1 aromatic carbocycles. The Labute approximate surface area is 154 Å². The van der Waals surface area contributed by atoms with Crippen molar-refractivity contribution in [2.45, 2.75) is 19.5 Å². The summed E-state index contributed by atoms with van der Waals surface area (Å²) in [6.45, 7) is 1.66. The first-order valence-electron chi connectivity index (χ1n) is 8.35. The van der Waals surface area contributed by atoms with Crippen molar-refractivity contribution in [1.29, 1.82) is 0 Å². The molecule has 7 heteroatoms. The Balaban J connectivity index is 1.61. The molecule has 2 aromatic heterocycles. The summed E-state index contributed by atoms with van der Waals surface area (Å²) in [5.74, 6) is 0.506. The van der Waals surface area contributed by atoms with E-state index >= 15 is 0 Å². The van der Waals surface area contributed by atoms with Gasteiger partial charge in [0.15, 0.2) is 17.4 Å². The second-order valence-electron chi connectivity index (χ2n) is 6.21. The van der Waals surface area contributed by atoms with E-state index in [1.165, 1.54) is 18.4 Å². The van der Waals surface area contributed by atoms with Crippen molar-refractivity contribution in [3.05, 3.63) is 68.7 Å². The molecule has 0 bridgehead atoms. The molecule has 0 fully saturated rings. The molecule has 4 rings (SSSR count). The van der Waals surface area contributed by atoms with Crippen LogP contribution in [0, 0.1) is 5.82 Å². The van der Waals surface area contributed by atoms with E-state index < -0.39 is 0 Å². The van der Waals surface area contributed by atoms with Crippen molar-refractivity contribution < 1.29 is 9.13 Å². The Hall–Kier alpha value is -2.51. The van der Waals surface area contributed by atoms with Gasteiger partial charge in [-0.1, -0.05) is 18.2 Å². The van der Waals surface area contributed by atoms with Gasteiger partial charge >= 0.3 is 0 Å². The SMILES string of the molecule is COc1cccc(CN2CCc3c(nc(-c4cccs4)[nH]c3=O)C2)c1F. The van der Waals surface area contributed by atoms with Crippen LogP contribution >= 0.6 is 11.3 Å². The summed E-state index contributed by atoms with van der Waals surface area (Å²) < 4.78 is 19.5. The summed E-state index contributed by atoms with van der Waals surface area (Å²) in [5.41, 5.74) is 2.00. The lowest BCUT2D eigenvalue weighted by atomic mass is 10.1. The first-order valence-corrected chi connectivity index (χ1v) is 9.23. The number of halogens is 1. The molecular weight excluding hydrogens is 353 g/mol. The highest BCUT2D eigenvalue weighted by Gasteiger charge is 2.23. The first-order chi connectivity index (χ1) is 12.7. The number of ether oxygens (including phenoxy) is 1. The molecule has 134 valence electrons. The molecular formula is C19H18FN3O2S. The van der Waals surface area contributed by atoms with Crippen LogP contribution < -0.4 is 10.3 Å². The Morgan fingerprint density at radius 3 is 3.00 bits per heavy atom. The van der Waals surface area contributed by atoms with Crippen LogP contribution in [-0.2, 0) is 19.5 Å². The quantitative estimate of drug-likeness (QED) is 0.765. The number of nitrogens with zero attached hydrogens (tertiary/aromatic N) is 2. The van der Waals surface area contributed by atoms with Crippen LogP contribution in [0.4, 0.5) is 4.39 Å². The number of methoxy groups -OCH3 is 1. The molecule has 26 heavy (non-hydrogen) atoms. The van der Waals surface area contributed by atoms with Crippen molar-refractivity contribution in [3.63, 3.8) is 0 Å². The van der Waals surface area contributed by atoms with Crippen molar-refractivity contribution in [3.8, 4) is 16.5 Å². The monoisotopic (exact) mass is 371 g/mol. The molecule has 1 aliphatic heterocycles. The van der Waals surface area contributed by atoms with Crippen LogP contribution in [-0.4, -0.2) is 28.5 Å². The zero-order valence-corrected chi connectivity index (χ0v) is 15.1. The number of thiophene rings is 1. The average molecular weight is 371 g/mol. The summed E-state index contributed by atoms with van der Waals surface area (Å²) in [6, 6.07) is 9.01. The summed E-state index contributed by atoms with van der Waals surface area (Å²) in [5, 5.41) is 1.95. The van der Waals surface area contributed by atoms with E-state index in [0.29, 0.717) is 37.4 Å². The van der Waals surface area contributed by atoms with Crippen LogP contribution in [0.3, 0.4) is 0 Å². The Morgan fingerprint density at radius 2 is 2.23 bits per heavy atom. The van der Waals surface area contributed by atoms with Crippen LogP contribution in [0.1, 0.15) is 16.8 Å². The van der Waals surface area contributed by atoms with Gasteiger partial charge in [-0.2, -0.15) is 0 Å². The maximum Gasteiger partial charge on any atom is 0.254 e. The van der Waals surface area contributed by atoms with Crippen LogP contribution in [0.15, 0.2) is 40.5 Å². The van der Waals surface area contributed by atoms with Gasteiger partial charge in [0.05, 0.1) is 17.7 Å². The van der Waals surface area contributed by atoms with Crippen molar-refractivity contribution in [2.75, 3.05) is 13.7 Å². The van der Waals surface area contributed by atoms with Gasteiger partial charge in [0.1, 0.15) is 0 Å². The number of aromatic nitrogens is 2. The van der Waals surface area contributed by atoms with Gasteiger partial charge in [-0.25, -0.2) is 9.37 Å². The minimum absolute atomic E-state index is 0.0781. The molecule has 0 radical (unpaired) electrons. The third-order valence-electron chi connectivity index (χ3n) is 4.56. The van der Waals surface area contributed by atoms with Crippen molar-refractivity contribution in [2.24, 2.45) is 0 Å². The van der Waals surface area contributed by atoms with Gasteiger partial charge in [-0.3, -0.25) is 9.69 Å². The second kappa shape index (κ2) is 7.01. The molecule has 1 aliphatic rings. The lowest BCUT2D eigenvalue weighted by molar-refractivity contribution is 0.236. The molecule has 3 aromatic rings.